The van der Waals surface area contributed by atoms with Crippen molar-refractivity contribution < 1.29 is 9.26 Å². The predicted octanol–water partition coefficient (Wildman–Crippen LogP) is 2.43. The van der Waals surface area contributed by atoms with Crippen LogP contribution in [-0.2, 0) is 11.3 Å². The van der Waals surface area contributed by atoms with Gasteiger partial charge < -0.3 is 14.6 Å². The number of aromatic nitrogens is 2. The summed E-state index contributed by atoms with van der Waals surface area (Å²) >= 11 is 0. The van der Waals surface area contributed by atoms with Crippen molar-refractivity contribution in [3.8, 4) is 0 Å². The lowest BCUT2D eigenvalue weighted by molar-refractivity contribution is -0.0992. The fraction of sp³-hybridized carbons (Fsp3) is 0.600. The summed E-state index contributed by atoms with van der Waals surface area (Å²) in [5.41, 5.74) is 2.89. The van der Waals surface area contributed by atoms with Crippen molar-refractivity contribution in [1.82, 2.24) is 15.5 Å². The molecule has 2 unspecified atom stereocenters. The third kappa shape index (κ3) is 2.21. The van der Waals surface area contributed by atoms with E-state index in [0.717, 1.165) is 29.6 Å². The van der Waals surface area contributed by atoms with Gasteiger partial charge in [-0.2, -0.15) is 0 Å². The molecule has 2 heterocycles. The Balaban J connectivity index is 1.67. The summed E-state index contributed by atoms with van der Waals surface area (Å²) in [7, 11) is 1.79. The Morgan fingerprint density at radius 2 is 2.30 bits per heavy atom. The van der Waals surface area contributed by atoms with Gasteiger partial charge in [-0.05, 0) is 30.4 Å². The number of methoxy groups -OCH3 is 1. The average Bonchev–Trinajstić information content (AvgIpc) is 2.76. The molecule has 0 amide bonds. The fourth-order valence-electron chi connectivity index (χ4n) is 3.17. The number of aryl methyl sites for hydroxylation is 1. The quantitative estimate of drug-likeness (QED) is 0.928. The van der Waals surface area contributed by atoms with E-state index in [9.17, 15) is 0 Å². The molecule has 108 valence electrons. The number of rotatable bonds is 4. The molecule has 1 N–H and O–H groups in total. The van der Waals surface area contributed by atoms with E-state index in [0.29, 0.717) is 11.8 Å². The number of nitrogens with zero attached hydrogens (tertiary/aromatic N) is 2. The van der Waals surface area contributed by atoms with Crippen molar-refractivity contribution in [2.45, 2.75) is 45.9 Å². The van der Waals surface area contributed by atoms with Crippen LogP contribution < -0.4 is 5.32 Å². The van der Waals surface area contributed by atoms with Crippen LogP contribution in [0.25, 0.3) is 11.1 Å². The molecule has 20 heavy (non-hydrogen) atoms. The maximum Gasteiger partial charge on any atom is 0.257 e. The fourth-order valence-corrected chi connectivity index (χ4v) is 3.17. The SMILES string of the molecule is COC1C(NCc2cnc3onc(C)c3c2)CC1(C)C. The van der Waals surface area contributed by atoms with E-state index in [4.69, 9.17) is 9.26 Å². The average molecular weight is 275 g/mol. The Hall–Kier alpha value is -1.46. The molecule has 1 fully saturated rings. The number of nitrogens with one attached hydrogen (secondary N) is 1. The molecular formula is C15H21N3O2. The normalized spacial score (nSPS) is 24.8. The molecule has 2 atom stereocenters. The van der Waals surface area contributed by atoms with Crippen LogP contribution in [0.3, 0.4) is 0 Å². The van der Waals surface area contributed by atoms with Crippen molar-refractivity contribution >= 4 is 11.1 Å². The summed E-state index contributed by atoms with van der Waals surface area (Å²) in [4.78, 5) is 4.29. The van der Waals surface area contributed by atoms with Gasteiger partial charge in [-0.25, -0.2) is 4.98 Å². The lowest BCUT2D eigenvalue weighted by Gasteiger charge is -2.50. The maximum absolute atomic E-state index is 5.58. The summed E-state index contributed by atoms with van der Waals surface area (Å²) in [5, 5.41) is 8.47. The molecule has 1 saturated carbocycles. The number of hydrogen-bond acceptors (Lipinski definition) is 5. The molecule has 5 nitrogen and oxygen atoms in total. The number of ether oxygens (including phenoxy) is 1. The van der Waals surface area contributed by atoms with E-state index in [1.165, 1.54) is 0 Å². The lowest BCUT2D eigenvalue weighted by Crippen LogP contribution is -2.60. The zero-order valence-electron chi connectivity index (χ0n) is 12.4. The van der Waals surface area contributed by atoms with Gasteiger partial charge in [0.1, 0.15) is 0 Å². The zero-order chi connectivity index (χ0) is 14.3. The molecule has 1 aliphatic carbocycles. The minimum Gasteiger partial charge on any atom is -0.379 e. The summed E-state index contributed by atoms with van der Waals surface area (Å²) in [6.45, 7) is 7.20. The molecule has 1 aliphatic rings. The number of pyridine rings is 1. The van der Waals surface area contributed by atoms with Crippen LogP contribution in [0.5, 0.6) is 0 Å². The molecule has 2 aromatic rings. The zero-order valence-corrected chi connectivity index (χ0v) is 12.4. The van der Waals surface area contributed by atoms with E-state index < -0.39 is 0 Å². The third-order valence-electron chi connectivity index (χ3n) is 4.27. The van der Waals surface area contributed by atoms with Crippen LogP contribution in [0.4, 0.5) is 0 Å². The van der Waals surface area contributed by atoms with Crippen molar-refractivity contribution in [1.29, 1.82) is 0 Å². The van der Waals surface area contributed by atoms with Crippen LogP contribution in [0.15, 0.2) is 16.8 Å². The van der Waals surface area contributed by atoms with Crippen LogP contribution in [0.1, 0.15) is 31.5 Å². The third-order valence-corrected chi connectivity index (χ3v) is 4.27. The van der Waals surface area contributed by atoms with Gasteiger partial charge in [0, 0.05) is 25.9 Å². The van der Waals surface area contributed by atoms with Crippen LogP contribution in [-0.4, -0.2) is 29.4 Å². The molecular weight excluding hydrogens is 254 g/mol. The maximum atomic E-state index is 5.58. The molecule has 0 bridgehead atoms. The van der Waals surface area contributed by atoms with Gasteiger partial charge in [0.25, 0.3) is 5.71 Å². The van der Waals surface area contributed by atoms with Crippen LogP contribution >= 0.6 is 0 Å². The molecule has 0 radical (unpaired) electrons. The summed E-state index contributed by atoms with van der Waals surface area (Å²) in [5.74, 6) is 0. The Morgan fingerprint density at radius 3 is 3.00 bits per heavy atom. The van der Waals surface area contributed by atoms with Gasteiger partial charge in [0.2, 0.25) is 0 Å². The molecule has 0 aromatic carbocycles. The van der Waals surface area contributed by atoms with E-state index in [1.807, 2.05) is 13.1 Å². The highest BCUT2D eigenvalue weighted by atomic mass is 16.5. The van der Waals surface area contributed by atoms with Crippen molar-refractivity contribution in [3.05, 3.63) is 23.5 Å². The first-order valence-electron chi connectivity index (χ1n) is 6.98. The summed E-state index contributed by atoms with van der Waals surface area (Å²) in [6.07, 6.45) is 3.25. The van der Waals surface area contributed by atoms with Gasteiger partial charge in [-0.3, -0.25) is 0 Å². The largest absolute Gasteiger partial charge is 0.379 e. The lowest BCUT2D eigenvalue weighted by atomic mass is 9.65. The van der Waals surface area contributed by atoms with Crippen molar-refractivity contribution in [3.63, 3.8) is 0 Å². The first kappa shape index (κ1) is 13.5. The van der Waals surface area contributed by atoms with Gasteiger partial charge in [-0.15, -0.1) is 0 Å². The first-order chi connectivity index (χ1) is 9.51. The molecule has 5 heteroatoms. The van der Waals surface area contributed by atoms with E-state index in [-0.39, 0.29) is 11.5 Å². The highest BCUT2D eigenvalue weighted by Crippen LogP contribution is 2.42. The van der Waals surface area contributed by atoms with E-state index >= 15 is 0 Å². The predicted molar refractivity (Wildman–Crippen MR) is 76.4 cm³/mol. The molecule has 2 aromatic heterocycles. The topological polar surface area (TPSA) is 60.2 Å². The molecule has 0 spiro atoms. The molecule has 0 aliphatic heterocycles. The van der Waals surface area contributed by atoms with Crippen molar-refractivity contribution in [2.75, 3.05) is 7.11 Å². The second-order valence-electron chi connectivity index (χ2n) is 6.30. The van der Waals surface area contributed by atoms with Gasteiger partial charge in [0.15, 0.2) is 0 Å². The van der Waals surface area contributed by atoms with E-state index in [2.05, 4.69) is 35.4 Å². The van der Waals surface area contributed by atoms with Crippen molar-refractivity contribution in [2.24, 2.45) is 5.41 Å². The van der Waals surface area contributed by atoms with Gasteiger partial charge in [0.05, 0.1) is 17.2 Å². The second-order valence-corrected chi connectivity index (χ2v) is 6.30. The molecule has 0 saturated heterocycles. The first-order valence-corrected chi connectivity index (χ1v) is 6.98. The Labute approximate surface area is 118 Å². The number of hydrogen-bond donors (Lipinski definition) is 1. The van der Waals surface area contributed by atoms with Crippen LogP contribution in [0, 0.1) is 12.3 Å². The van der Waals surface area contributed by atoms with E-state index in [1.54, 1.807) is 7.11 Å². The standard InChI is InChI=1S/C15H21N3O2/c1-9-11-5-10(8-17-14(11)20-18-9)7-16-12-6-15(2,3)13(12)19-4/h5,8,12-13,16H,6-7H2,1-4H3. The minimum atomic E-state index is 0.264. The van der Waals surface area contributed by atoms with Gasteiger partial charge >= 0.3 is 0 Å². The summed E-state index contributed by atoms with van der Waals surface area (Å²) in [6, 6.07) is 2.50. The Bertz CT molecular complexity index is 621. The number of fused-ring (bicyclic) bond motifs is 1. The highest BCUT2D eigenvalue weighted by Gasteiger charge is 2.47. The minimum absolute atomic E-state index is 0.264. The van der Waals surface area contributed by atoms with Crippen LogP contribution in [0.2, 0.25) is 0 Å². The highest BCUT2D eigenvalue weighted by molar-refractivity contribution is 5.75. The smallest absolute Gasteiger partial charge is 0.257 e. The second kappa shape index (κ2) is 4.82. The monoisotopic (exact) mass is 275 g/mol. The molecule has 3 rings (SSSR count). The van der Waals surface area contributed by atoms with Gasteiger partial charge in [-0.1, -0.05) is 19.0 Å². The Morgan fingerprint density at radius 1 is 1.50 bits per heavy atom. The summed E-state index contributed by atoms with van der Waals surface area (Å²) < 4.78 is 10.7. The Kier molecular flexibility index (Phi) is 3.26.